The number of hydrogen-bond donors (Lipinski definition) is 2. The Bertz CT molecular complexity index is 1590. The van der Waals surface area contributed by atoms with Gasteiger partial charge in [-0.3, -0.25) is 19.2 Å². The smallest absolute Gasteiger partial charge is 0.413 e. The van der Waals surface area contributed by atoms with Crippen molar-refractivity contribution in [2.75, 3.05) is 7.05 Å². The molecule has 1 fully saturated rings. The van der Waals surface area contributed by atoms with Crippen LogP contribution < -0.4 is 5.32 Å². The Kier molecular flexibility index (Phi) is 6.51. The lowest BCUT2D eigenvalue weighted by Crippen LogP contribution is -2.34. The monoisotopic (exact) mass is 546 g/mol. The first-order valence-electron chi connectivity index (χ1n) is 12.3. The minimum absolute atomic E-state index is 0.166. The molecule has 1 amide bonds. The Labute approximate surface area is 225 Å². The van der Waals surface area contributed by atoms with E-state index < -0.39 is 38.7 Å². The van der Waals surface area contributed by atoms with E-state index in [-0.39, 0.29) is 11.4 Å². The largest absolute Gasteiger partial charge is 0.481 e. The molecule has 2 N–H and O–H groups in total. The standard InChI is InChI=1S/C29H26N2O7S/c1-18(19-6-4-3-5-7-19)38-28(35)30-25-24(26(32)39(36,37)31(25)2)22-10-8-20(9-11-22)21-12-14-23(15-13-21)29(16-17-29)27(33)34/h3-15,18H,16-17H2,1-2H3,(H,30,35)(H,33,34). The van der Waals surface area contributed by atoms with Gasteiger partial charge >= 0.3 is 27.2 Å². The average Bonchev–Trinajstić information content (AvgIpc) is 3.73. The van der Waals surface area contributed by atoms with Gasteiger partial charge in [0.25, 0.3) is 0 Å². The number of alkyl carbamates (subject to hydrolysis) is 1. The number of aliphatic carboxylic acids is 1. The Morgan fingerprint density at radius 3 is 2.00 bits per heavy atom. The van der Waals surface area contributed by atoms with E-state index in [4.69, 9.17) is 4.74 Å². The molecule has 0 aromatic heterocycles. The van der Waals surface area contributed by atoms with Crippen LogP contribution in [0, 0.1) is 0 Å². The van der Waals surface area contributed by atoms with Crippen molar-refractivity contribution in [1.29, 1.82) is 0 Å². The van der Waals surface area contributed by atoms with Crippen LogP contribution in [-0.4, -0.2) is 42.1 Å². The maximum Gasteiger partial charge on any atom is 0.413 e. The second-order valence-electron chi connectivity index (χ2n) is 9.61. The van der Waals surface area contributed by atoms with Gasteiger partial charge < -0.3 is 9.84 Å². The van der Waals surface area contributed by atoms with Crippen LogP contribution in [0.2, 0.25) is 0 Å². The predicted octanol–water partition coefficient (Wildman–Crippen LogP) is 4.43. The van der Waals surface area contributed by atoms with E-state index in [1.165, 1.54) is 7.05 Å². The number of benzene rings is 3. The molecule has 1 unspecified atom stereocenters. The number of rotatable bonds is 7. The van der Waals surface area contributed by atoms with Crippen LogP contribution in [0.4, 0.5) is 4.79 Å². The molecule has 200 valence electrons. The number of nitrogens with zero attached hydrogens (tertiary/aromatic N) is 1. The molecular formula is C29H26N2O7S. The van der Waals surface area contributed by atoms with E-state index >= 15 is 0 Å². The van der Waals surface area contributed by atoms with Crippen LogP contribution in [0.25, 0.3) is 16.7 Å². The van der Waals surface area contributed by atoms with Crippen LogP contribution in [0.1, 0.15) is 42.6 Å². The molecule has 0 radical (unpaired) electrons. The molecule has 3 aromatic rings. The molecule has 0 saturated heterocycles. The molecule has 3 aromatic carbocycles. The van der Waals surface area contributed by atoms with Gasteiger partial charge in [0.05, 0.1) is 11.0 Å². The summed E-state index contributed by atoms with van der Waals surface area (Å²) in [6.07, 6.45) is -0.273. The van der Waals surface area contributed by atoms with Crippen molar-refractivity contribution >= 4 is 32.8 Å². The molecule has 5 rings (SSSR count). The van der Waals surface area contributed by atoms with Crippen molar-refractivity contribution < 1.29 is 32.6 Å². The van der Waals surface area contributed by atoms with Crippen LogP contribution in [0.5, 0.6) is 0 Å². The summed E-state index contributed by atoms with van der Waals surface area (Å²) in [5.41, 5.74) is 2.48. The third-order valence-corrected chi connectivity index (χ3v) is 8.80. The van der Waals surface area contributed by atoms with Crippen molar-refractivity contribution in [2.24, 2.45) is 0 Å². The molecule has 1 aliphatic carbocycles. The van der Waals surface area contributed by atoms with Gasteiger partial charge in [-0.05, 0) is 47.6 Å². The maximum atomic E-state index is 12.9. The molecule has 1 saturated carbocycles. The zero-order valence-corrected chi connectivity index (χ0v) is 22.1. The molecule has 2 aliphatic rings. The number of amides is 1. The number of hydrogen-bond acceptors (Lipinski definition) is 6. The summed E-state index contributed by atoms with van der Waals surface area (Å²) in [4.78, 5) is 37.2. The fourth-order valence-corrected chi connectivity index (χ4v) is 5.76. The first-order valence-corrected chi connectivity index (χ1v) is 13.7. The minimum Gasteiger partial charge on any atom is -0.481 e. The highest BCUT2D eigenvalue weighted by Gasteiger charge is 2.51. The van der Waals surface area contributed by atoms with Gasteiger partial charge in [-0.25, -0.2) is 4.79 Å². The van der Waals surface area contributed by atoms with Gasteiger partial charge in [-0.15, -0.1) is 0 Å². The average molecular weight is 547 g/mol. The maximum absolute atomic E-state index is 12.9. The van der Waals surface area contributed by atoms with Crippen LogP contribution in [0.15, 0.2) is 84.7 Å². The van der Waals surface area contributed by atoms with E-state index in [1.807, 2.05) is 18.2 Å². The topological polar surface area (TPSA) is 130 Å². The number of carboxylic acids is 1. The summed E-state index contributed by atoms with van der Waals surface area (Å²) in [5, 5.41) is 10.8. The number of ether oxygens (including phenoxy) is 1. The Hall–Kier alpha value is -4.44. The molecular weight excluding hydrogens is 520 g/mol. The zero-order chi connectivity index (χ0) is 27.9. The second kappa shape index (κ2) is 9.70. The summed E-state index contributed by atoms with van der Waals surface area (Å²) in [6, 6.07) is 23.0. The van der Waals surface area contributed by atoms with Gasteiger partial charge in [0, 0.05) is 7.05 Å². The molecule has 0 bridgehead atoms. The third-order valence-electron chi connectivity index (χ3n) is 7.23. The number of sulfonamides is 1. The van der Waals surface area contributed by atoms with Crippen molar-refractivity contribution in [3.8, 4) is 11.1 Å². The number of carboxylic acid groups (broad SMARTS) is 1. The van der Waals surface area contributed by atoms with Gasteiger partial charge in [0.2, 0.25) is 0 Å². The lowest BCUT2D eigenvalue weighted by molar-refractivity contribution is -0.140. The summed E-state index contributed by atoms with van der Waals surface area (Å²) >= 11 is 0. The van der Waals surface area contributed by atoms with E-state index in [0.29, 0.717) is 18.4 Å². The number of carbonyl (C=O) groups is 3. The molecule has 1 atom stereocenters. The highest BCUT2D eigenvalue weighted by Crippen LogP contribution is 2.48. The summed E-state index contributed by atoms with van der Waals surface area (Å²) in [7, 11) is -3.17. The molecule has 10 heteroatoms. The van der Waals surface area contributed by atoms with Gasteiger partial charge in [-0.1, -0.05) is 78.9 Å². The molecule has 9 nitrogen and oxygen atoms in total. The highest BCUT2D eigenvalue weighted by molar-refractivity contribution is 8.05. The number of carbonyl (C=O) groups excluding carboxylic acids is 2. The van der Waals surface area contributed by atoms with Gasteiger partial charge in [0.1, 0.15) is 11.9 Å². The van der Waals surface area contributed by atoms with E-state index in [1.54, 1.807) is 67.6 Å². The summed E-state index contributed by atoms with van der Waals surface area (Å²) < 4.78 is 31.5. The van der Waals surface area contributed by atoms with E-state index in [0.717, 1.165) is 26.6 Å². The summed E-state index contributed by atoms with van der Waals surface area (Å²) in [6.45, 7) is 1.68. The third kappa shape index (κ3) is 4.67. The van der Waals surface area contributed by atoms with Crippen LogP contribution in [0.3, 0.4) is 0 Å². The van der Waals surface area contributed by atoms with Gasteiger partial charge in [0.15, 0.2) is 0 Å². The highest BCUT2D eigenvalue weighted by atomic mass is 32.2. The van der Waals surface area contributed by atoms with Crippen molar-refractivity contribution in [1.82, 2.24) is 9.62 Å². The first kappa shape index (κ1) is 26.2. The Morgan fingerprint density at radius 1 is 0.923 bits per heavy atom. The van der Waals surface area contributed by atoms with Crippen molar-refractivity contribution in [3.63, 3.8) is 0 Å². The van der Waals surface area contributed by atoms with E-state index in [2.05, 4.69) is 5.32 Å². The van der Waals surface area contributed by atoms with E-state index in [9.17, 15) is 27.9 Å². The Morgan fingerprint density at radius 2 is 1.46 bits per heavy atom. The lowest BCUT2D eigenvalue weighted by atomic mass is 9.93. The normalized spacial score (nSPS) is 18.0. The minimum atomic E-state index is -4.36. The fraction of sp³-hybridized carbons (Fsp3) is 0.207. The molecule has 1 aliphatic heterocycles. The van der Waals surface area contributed by atoms with Crippen LogP contribution in [-0.2, 0) is 29.8 Å². The first-order chi connectivity index (χ1) is 18.5. The Balaban J connectivity index is 1.40. The number of nitrogens with one attached hydrogen (secondary N) is 1. The van der Waals surface area contributed by atoms with Crippen molar-refractivity contribution in [3.05, 3.63) is 101 Å². The van der Waals surface area contributed by atoms with Gasteiger partial charge in [-0.2, -0.15) is 8.42 Å². The zero-order valence-electron chi connectivity index (χ0n) is 21.2. The predicted molar refractivity (Wildman–Crippen MR) is 144 cm³/mol. The summed E-state index contributed by atoms with van der Waals surface area (Å²) in [5.74, 6) is -1.01. The quantitative estimate of drug-likeness (QED) is 0.448. The van der Waals surface area contributed by atoms with Crippen LogP contribution >= 0.6 is 0 Å². The molecule has 1 heterocycles. The second-order valence-corrected chi connectivity index (χ2v) is 11.5. The molecule has 0 spiro atoms. The lowest BCUT2D eigenvalue weighted by Gasteiger charge is -2.18. The molecule has 39 heavy (non-hydrogen) atoms. The van der Waals surface area contributed by atoms with Crippen molar-refractivity contribution in [2.45, 2.75) is 31.3 Å². The SMILES string of the molecule is CC(OC(=O)NC1=C(c2ccc(-c3ccc(C4(C(=O)O)CC4)cc3)cc2)C(=O)S(=O)(=O)N1C)c1ccccc1. The fourth-order valence-electron chi connectivity index (χ4n) is 4.66.